The average Bonchev–Trinajstić information content (AvgIpc) is 2.64. The number of thiazole rings is 1. The van der Waals surface area contributed by atoms with Crippen molar-refractivity contribution in [3.63, 3.8) is 0 Å². The van der Waals surface area contributed by atoms with E-state index in [0.717, 1.165) is 18.8 Å². The lowest BCUT2D eigenvalue weighted by Crippen LogP contribution is -2.17. The standard InChI is InChI=1S/C12H16N4S/c1-9-11(17-8-15-9)7-16(2)6-10-3-4-14-12(13)5-10/h3-5,8H,6-7H2,1-2H3,(H2,13,14). The number of aromatic nitrogens is 2. The van der Waals surface area contributed by atoms with E-state index in [0.29, 0.717) is 5.82 Å². The maximum Gasteiger partial charge on any atom is 0.123 e. The Labute approximate surface area is 105 Å². The summed E-state index contributed by atoms with van der Waals surface area (Å²) >= 11 is 1.70. The van der Waals surface area contributed by atoms with Gasteiger partial charge < -0.3 is 5.73 Å². The third-order valence-corrected chi connectivity index (χ3v) is 3.48. The van der Waals surface area contributed by atoms with Crippen LogP contribution in [0.15, 0.2) is 23.8 Å². The van der Waals surface area contributed by atoms with Gasteiger partial charge in [-0.1, -0.05) is 0 Å². The molecule has 2 heterocycles. The molecule has 0 aromatic carbocycles. The van der Waals surface area contributed by atoms with Crippen molar-refractivity contribution in [3.8, 4) is 0 Å². The van der Waals surface area contributed by atoms with Crippen LogP contribution in [0.3, 0.4) is 0 Å². The number of nitrogen functional groups attached to an aromatic ring is 1. The predicted molar refractivity (Wildman–Crippen MR) is 70.7 cm³/mol. The van der Waals surface area contributed by atoms with Gasteiger partial charge in [-0.2, -0.15) is 0 Å². The summed E-state index contributed by atoms with van der Waals surface area (Å²) in [6.45, 7) is 3.83. The molecule has 0 aliphatic rings. The van der Waals surface area contributed by atoms with E-state index >= 15 is 0 Å². The number of aryl methyl sites for hydroxylation is 1. The van der Waals surface area contributed by atoms with Crippen molar-refractivity contribution in [1.82, 2.24) is 14.9 Å². The summed E-state index contributed by atoms with van der Waals surface area (Å²) in [6.07, 6.45) is 1.75. The van der Waals surface area contributed by atoms with Crippen LogP contribution in [-0.4, -0.2) is 21.9 Å². The first-order chi connectivity index (χ1) is 8.15. The first-order valence-electron chi connectivity index (χ1n) is 5.43. The second kappa shape index (κ2) is 5.25. The van der Waals surface area contributed by atoms with Crippen molar-refractivity contribution in [2.45, 2.75) is 20.0 Å². The lowest BCUT2D eigenvalue weighted by molar-refractivity contribution is 0.321. The summed E-state index contributed by atoms with van der Waals surface area (Å²) < 4.78 is 0. The summed E-state index contributed by atoms with van der Waals surface area (Å²) in [4.78, 5) is 11.8. The molecule has 0 atom stereocenters. The Balaban J connectivity index is 1.98. The quantitative estimate of drug-likeness (QED) is 0.900. The Morgan fingerprint density at radius 3 is 2.82 bits per heavy atom. The van der Waals surface area contributed by atoms with Crippen molar-refractivity contribution in [2.24, 2.45) is 0 Å². The predicted octanol–water partition coefficient (Wildman–Crippen LogP) is 2.06. The Bertz CT molecular complexity index is 495. The largest absolute Gasteiger partial charge is 0.384 e. The van der Waals surface area contributed by atoms with Gasteiger partial charge in [0.1, 0.15) is 5.82 Å². The lowest BCUT2D eigenvalue weighted by atomic mass is 10.2. The summed E-state index contributed by atoms with van der Waals surface area (Å²) in [6, 6.07) is 3.91. The number of hydrogen-bond acceptors (Lipinski definition) is 5. The van der Waals surface area contributed by atoms with E-state index in [-0.39, 0.29) is 0 Å². The molecule has 2 aromatic heterocycles. The summed E-state index contributed by atoms with van der Waals surface area (Å²) in [5.74, 6) is 0.574. The van der Waals surface area contributed by atoms with Gasteiger partial charge in [-0.25, -0.2) is 9.97 Å². The molecule has 0 aliphatic carbocycles. The van der Waals surface area contributed by atoms with Crippen LogP contribution in [0.4, 0.5) is 5.82 Å². The van der Waals surface area contributed by atoms with Gasteiger partial charge in [-0.05, 0) is 31.7 Å². The summed E-state index contributed by atoms with van der Waals surface area (Å²) in [5, 5.41) is 0. The summed E-state index contributed by atoms with van der Waals surface area (Å²) in [5.41, 5.74) is 9.85. The van der Waals surface area contributed by atoms with E-state index in [1.54, 1.807) is 17.5 Å². The Morgan fingerprint density at radius 2 is 2.18 bits per heavy atom. The number of nitrogens with zero attached hydrogens (tertiary/aromatic N) is 3. The molecule has 0 aliphatic heterocycles. The monoisotopic (exact) mass is 248 g/mol. The van der Waals surface area contributed by atoms with Gasteiger partial charge in [0.05, 0.1) is 11.2 Å². The zero-order valence-corrected chi connectivity index (χ0v) is 10.9. The number of hydrogen-bond donors (Lipinski definition) is 1. The molecule has 2 N–H and O–H groups in total. The molecular formula is C12H16N4S. The normalized spacial score (nSPS) is 11.0. The zero-order chi connectivity index (χ0) is 12.3. The van der Waals surface area contributed by atoms with Crippen LogP contribution in [0.5, 0.6) is 0 Å². The van der Waals surface area contributed by atoms with Crippen molar-refractivity contribution in [2.75, 3.05) is 12.8 Å². The van der Waals surface area contributed by atoms with Crippen molar-refractivity contribution in [1.29, 1.82) is 0 Å². The van der Waals surface area contributed by atoms with E-state index in [2.05, 4.69) is 21.9 Å². The number of pyridine rings is 1. The molecule has 0 bridgehead atoms. The second-order valence-electron chi connectivity index (χ2n) is 4.12. The number of nitrogens with two attached hydrogens (primary N) is 1. The van der Waals surface area contributed by atoms with Gasteiger partial charge in [0.15, 0.2) is 0 Å². The van der Waals surface area contributed by atoms with Crippen molar-refractivity contribution < 1.29 is 0 Å². The van der Waals surface area contributed by atoms with Gasteiger partial charge in [0, 0.05) is 24.2 Å². The molecule has 90 valence electrons. The molecule has 2 rings (SSSR count). The molecule has 17 heavy (non-hydrogen) atoms. The van der Waals surface area contributed by atoms with Crippen LogP contribution < -0.4 is 5.73 Å². The fourth-order valence-electron chi connectivity index (χ4n) is 1.68. The minimum absolute atomic E-state index is 0.574. The van der Waals surface area contributed by atoms with Crippen LogP contribution >= 0.6 is 11.3 Å². The van der Waals surface area contributed by atoms with Gasteiger partial charge in [-0.3, -0.25) is 4.90 Å². The van der Waals surface area contributed by atoms with Crippen LogP contribution in [0, 0.1) is 6.92 Å². The third-order valence-electron chi connectivity index (χ3n) is 2.56. The number of anilines is 1. The molecule has 0 unspecified atom stereocenters. The molecule has 0 radical (unpaired) electrons. The van der Waals surface area contributed by atoms with E-state index in [1.165, 1.54) is 10.4 Å². The third kappa shape index (κ3) is 3.25. The van der Waals surface area contributed by atoms with Crippen molar-refractivity contribution >= 4 is 17.2 Å². The zero-order valence-electron chi connectivity index (χ0n) is 10.1. The lowest BCUT2D eigenvalue weighted by Gasteiger charge is -2.16. The second-order valence-corrected chi connectivity index (χ2v) is 5.06. The first-order valence-corrected chi connectivity index (χ1v) is 6.31. The topological polar surface area (TPSA) is 55.0 Å². The smallest absolute Gasteiger partial charge is 0.123 e. The number of rotatable bonds is 4. The van der Waals surface area contributed by atoms with E-state index in [4.69, 9.17) is 5.73 Å². The molecule has 2 aromatic rings. The Kier molecular flexibility index (Phi) is 3.71. The molecule has 0 saturated heterocycles. The highest BCUT2D eigenvalue weighted by molar-refractivity contribution is 7.09. The molecule has 0 spiro atoms. The minimum Gasteiger partial charge on any atom is -0.384 e. The van der Waals surface area contributed by atoms with Gasteiger partial charge in [0.2, 0.25) is 0 Å². The van der Waals surface area contributed by atoms with Crippen LogP contribution in [0.1, 0.15) is 16.1 Å². The van der Waals surface area contributed by atoms with E-state index < -0.39 is 0 Å². The van der Waals surface area contributed by atoms with Crippen LogP contribution in [-0.2, 0) is 13.1 Å². The summed E-state index contributed by atoms with van der Waals surface area (Å²) in [7, 11) is 2.09. The first kappa shape index (κ1) is 12.0. The Hall–Kier alpha value is -1.46. The average molecular weight is 248 g/mol. The Morgan fingerprint density at radius 1 is 1.35 bits per heavy atom. The van der Waals surface area contributed by atoms with Gasteiger partial charge in [0.25, 0.3) is 0 Å². The maximum absolute atomic E-state index is 5.66. The SMILES string of the molecule is Cc1ncsc1CN(C)Cc1ccnc(N)c1. The van der Waals surface area contributed by atoms with Gasteiger partial charge in [-0.15, -0.1) is 11.3 Å². The maximum atomic E-state index is 5.66. The minimum atomic E-state index is 0.574. The molecule has 0 saturated carbocycles. The molecule has 0 fully saturated rings. The fraction of sp³-hybridized carbons (Fsp3) is 0.333. The van der Waals surface area contributed by atoms with Crippen LogP contribution in [0.2, 0.25) is 0 Å². The van der Waals surface area contributed by atoms with E-state index in [1.807, 2.05) is 24.6 Å². The molecule has 4 nitrogen and oxygen atoms in total. The highest BCUT2D eigenvalue weighted by atomic mass is 32.1. The highest BCUT2D eigenvalue weighted by Gasteiger charge is 2.06. The molecular weight excluding hydrogens is 232 g/mol. The highest BCUT2D eigenvalue weighted by Crippen LogP contribution is 2.15. The molecule has 0 amide bonds. The van der Waals surface area contributed by atoms with E-state index in [9.17, 15) is 0 Å². The molecule has 5 heteroatoms. The van der Waals surface area contributed by atoms with Crippen molar-refractivity contribution in [3.05, 3.63) is 40.0 Å². The fourth-order valence-corrected chi connectivity index (χ4v) is 2.54. The van der Waals surface area contributed by atoms with Crippen LogP contribution in [0.25, 0.3) is 0 Å². The van der Waals surface area contributed by atoms with Gasteiger partial charge >= 0.3 is 0 Å².